The number of likely N-dealkylation sites (tertiary alicyclic amines) is 1. The molecule has 1 aromatic rings. The predicted molar refractivity (Wildman–Crippen MR) is 92.1 cm³/mol. The first-order valence-corrected chi connectivity index (χ1v) is 8.45. The molecule has 1 aliphatic rings. The summed E-state index contributed by atoms with van der Waals surface area (Å²) in [5.74, 6) is 0. The van der Waals surface area contributed by atoms with Gasteiger partial charge in [0, 0.05) is 39.3 Å². The molecule has 1 heterocycles. The molecule has 1 fully saturated rings. The van der Waals surface area contributed by atoms with Crippen LogP contribution < -0.4 is 5.32 Å². The van der Waals surface area contributed by atoms with E-state index in [0.29, 0.717) is 6.54 Å². The molecule has 0 aromatic heterocycles. The van der Waals surface area contributed by atoms with Crippen LogP contribution in [0.15, 0.2) is 24.3 Å². The fourth-order valence-corrected chi connectivity index (χ4v) is 2.73. The number of urea groups is 1. The van der Waals surface area contributed by atoms with Crippen LogP contribution >= 0.6 is 0 Å². The van der Waals surface area contributed by atoms with Gasteiger partial charge in [-0.1, -0.05) is 24.3 Å². The Labute approximate surface area is 139 Å². The molecule has 0 saturated carbocycles. The van der Waals surface area contributed by atoms with Crippen molar-refractivity contribution in [1.29, 1.82) is 0 Å². The summed E-state index contributed by atoms with van der Waals surface area (Å²) in [5, 5.41) is 12.6. The number of benzene rings is 1. The van der Waals surface area contributed by atoms with Gasteiger partial charge in [0.1, 0.15) is 0 Å². The van der Waals surface area contributed by atoms with Gasteiger partial charge in [0.15, 0.2) is 0 Å². The predicted octanol–water partition coefficient (Wildman–Crippen LogP) is 2.19. The summed E-state index contributed by atoms with van der Waals surface area (Å²) >= 11 is 0. The summed E-state index contributed by atoms with van der Waals surface area (Å²) in [4.78, 5) is 16.1. The van der Waals surface area contributed by atoms with Crippen molar-refractivity contribution in [2.24, 2.45) is 0 Å². The average Bonchev–Trinajstić information content (AvgIpc) is 2.55. The SMILES string of the molecule is CC(C)N(C)C(=O)NCc1ccccc1CN1CCC(O)CC1. The van der Waals surface area contributed by atoms with Crippen LogP contribution in [0.2, 0.25) is 0 Å². The molecule has 0 radical (unpaired) electrons. The first kappa shape index (κ1) is 17.8. The Bertz CT molecular complexity index is 511. The normalized spacial score (nSPS) is 16.6. The van der Waals surface area contributed by atoms with Crippen molar-refractivity contribution in [3.63, 3.8) is 0 Å². The zero-order chi connectivity index (χ0) is 16.8. The molecule has 5 nitrogen and oxygen atoms in total. The summed E-state index contributed by atoms with van der Waals surface area (Å²) in [6, 6.07) is 8.39. The molecule has 23 heavy (non-hydrogen) atoms. The number of carbonyl (C=O) groups is 1. The Morgan fingerprint density at radius 2 is 1.91 bits per heavy atom. The van der Waals surface area contributed by atoms with E-state index in [1.165, 1.54) is 5.56 Å². The minimum Gasteiger partial charge on any atom is -0.393 e. The largest absolute Gasteiger partial charge is 0.393 e. The Morgan fingerprint density at radius 1 is 1.30 bits per heavy atom. The third kappa shape index (κ3) is 5.22. The zero-order valence-corrected chi connectivity index (χ0v) is 14.5. The Hall–Kier alpha value is -1.59. The van der Waals surface area contributed by atoms with Crippen molar-refractivity contribution in [3.8, 4) is 0 Å². The van der Waals surface area contributed by atoms with Gasteiger partial charge in [-0.15, -0.1) is 0 Å². The zero-order valence-electron chi connectivity index (χ0n) is 14.5. The lowest BCUT2D eigenvalue weighted by Gasteiger charge is -2.30. The molecule has 128 valence electrons. The van der Waals surface area contributed by atoms with Gasteiger partial charge in [0.25, 0.3) is 0 Å². The molecule has 5 heteroatoms. The Kier molecular flexibility index (Phi) is 6.42. The second-order valence-electron chi connectivity index (χ2n) is 6.64. The van der Waals surface area contributed by atoms with Crippen LogP contribution in [-0.2, 0) is 13.1 Å². The average molecular weight is 319 g/mol. The molecule has 1 saturated heterocycles. The van der Waals surface area contributed by atoms with Crippen LogP contribution in [0.3, 0.4) is 0 Å². The minimum atomic E-state index is -0.146. The van der Waals surface area contributed by atoms with Crippen molar-refractivity contribution in [2.75, 3.05) is 20.1 Å². The molecule has 1 aromatic carbocycles. The van der Waals surface area contributed by atoms with E-state index < -0.39 is 0 Å². The molecular formula is C18H29N3O2. The molecule has 0 bridgehead atoms. The molecule has 0 aliphatic carbocycles. The molecule has 2 rings (SSSR count). The number of carbonyl (C=O) groups excluding carboxylic acids is 1. The van der Waals surface area contributed by atoms with Crippen molar-refractivity contribution < 1.29 is 9.90 Å². The topological polar surface area (TPSA) is 55.8 Å². The van der Waals surface area contributed by atoms with E-state index in [0.717, 1.165) is 38.0 Å². The third-order valence-electron chi connectivity index (χ3n) is 4.59. The van der Waals surface area contributed by atoms with Gasteiger partial charge in [-0.2, -0.15) is 0 Å². The molecule has 2 amide bonds. The number of nitrogens with one attached hydrogen (secondary N) is 1. The van der Waals surface area contributed by atoms with Gasteiger partial charge in [0.05, 0.1) is 6.10 Å². The molecule has 1 aliphatic heterocycles. The van der Waals surface area contributed by atoms with Crippen LogP contribution in [0.5, 0.6) is 0 Å². The van der Waals surface area contributed by atoms with Crippen molar-refractivity contribution >= 4 is 6.03 Å². The first-order chi connectivity index (χ1) is 11.0. The number of piperidine rings is 1. The van der Waals surface area contributed by atoms with Crippen LogP contribution in [0.4, 0.5) is 4.79 Å². The van der Waals surface area contributed by atoms with Gasteiger partial charge in [0.2, 0.25) is 0 Å². The summed E-state index contributed by atoms with van der Waals surface area (Å²) < 4.78 is 0. The van der Waals surface area contributed by atoms with Gasteiger partial charge in [-0.05, 0) is 37.8 Å². The first-order valence-electron chi connectivity index (χ1n) is 8.45. The molecule has 0 unspecified atom stereocenters. The van der Waals surface area contributed by atoms with E-state index in [4.69, 9.17) is 0 Å². The van der Waals surface area contributed by atoms with Crippen LogP contribution in [0, 0.1) is 0 Å². The standard InChI is InChI=1S/C18H29N3O2/c1-14(2)20(3)18(23)19-12-15-6-4-5-7-16(15)13-21-10-8-17(22)9-11-21/h4-7,14,17,22H,8-13H2,1-3H3,(H,19,23). The van der Waals surface area contributed by atoms with Crippen molar-refractivity contribution in [3.05, 3.63) is 35.4 Å². The Balaban J connectivity index is 1.93. The summed E-state index contributed by atoms with van der Waals surface area (Å²) in [7, 11) is 1.81. The van der Waals surface area contributed by atoms with Crippen LogP contribution in [-0.4, -0.2) is 53.2 Å². The highest BCUT2D eigenvalue weighted by Crippen LogP contribution is 2.16. The van der Waals surface area contributed by atoms with Crippen LogP contribution in [0.1, 0.15) is 37.8 Å². The maximum atomic E-state index is 12.1. The summed E-state index contributed by atoms with van der Waals surface area (Å²) in [5.41, 5.74) is 2.40. The van der Waals surface area contributed by atoms with Crippen molar-refractivity contribution in [2.45, 2.75) is 51.9 Å². The number of aliphatic hydroxyl groups is 1. The number of nitrogens with zero attached hydrogens (tertiary/aromatic N) is 2. The number of hydrogen-bond donors (Lipinski definition) is 2. The fraction of sp³-hybridized carbons (Fsp3) is 0.611. The smallest absolute Gasteiger partial charge is 0.317 e. The second kappa shape index (κ2) is 8.31. The quantitative estimate of drug-likeness (QED) is 0.875. The molecule has 2 N–H and O–H groups in total. The fourth-order valence-electron chi connectivity index (χ4n) is 2.73. The highest BCUT2D eigenvalue weighted by molar-refractivity contribution is 5.74. The maximum Gasteiger partial charge on any atom is 0.317 e. The van der Waals surface area contributed by atoms with E-state index in [2.05, 4.69) is 22.3 Å². The lowest BCUT2D eigenvalue weighted by atomic mass is 10.0. The van der Waals surface area contributed by atoms with Gasteiger partial charge in [-0.3, -0.25) is 4.90 Å². The van der Waals surface area contributed by atoms with E-state index in [9.17, 15) is 9.90 Å². The van der Waals surface area contributed by atoms with Gasteiger partial charge in [-0.25, -0.2) is 4.79 Å². The molecule has 0 atom stereocenters. The number of amides is 2. The second-order valence-corrected chi connectivity index (χ2v) is 6.64. The summed E-state index contributed by atoms with van der Waals surface area (Å²) in [6.45, 7) is 7.27. The van der Waals surface area contributed by atoms with E-state index in [1.54, 1.807) is 4.90 Å². The van der Waals surface area contributed by atoms with E-state index >= 15 is 0 Å². The van der Waals surface area contributed by atoms with E-state index in [1.807, 2.05) is 33.0 Å². The molecular weight excluding hydrogens is 290 g/mol. The van der Waals surface area contributed by atoms with Gasteiger partial charge >= 0.3 is 6.03 Å². The molecule has 0 spiro atoms. The Morgan fingerprint density at radius 3 is 2.52 bits per heavy atom. The summed E-state index contributed by atoms with van der Waals surface area (Å²) in [6.07, 6.45) is 1.54. The number of hydrogen-bond acceptors (Lipinski definition) is 3. The minimum absolute atomic E-state index is 0.0455. The highest BCUT2D eigenvalue weighted by Gasteiger charge is 2.18. The lowest BCUT2D eigenvalue weighted by molar-refractivity contribution is 0.0791. The number of rotatable bonds is 5. The van der Waals surface area contributed by atoms with Crippen LogP contribution in [0.25, 0.3) is 0 Å². The third-order valence-corrected chi connectivity index (χ3v) is 4.59. The number of aliphatic hydroxyl groups excluding tert-OH is 1. The van der Waals surface area contributed by atoms with Crippen molar-refractivity contribution in [1.82, 2.24) is 15.1 Å². The monoisotopic (exact) mass is 319 g/mol. The lowest BCUT2D eigenvalue weighted by Crippen LogP contribution is -2.41. The van der Waals surface area contributed by atoms with E-state index in [-0.39, 0.29) is 18.2 Å². The van der Waals surface area contributed by atoms with Gasteiger partial charge < -0.3 is 15.3 Å². The maximum absolute atomic E-state index is 12.1. The highest BCUT2D eigenvalue weighted by atomic mass is 16.3.